The maximum atomic E-state index is 12.2. The number of carbonyl (C=O) groups is 1. The molecule has 23 heavy (non-hydrogen) atoms. The lowest BCUT2D eigenvalue weighted by Crippen LogP contribution is -2.49. The monoisotopic (exact) mass is 315 g/mol. The highest BCUT2D eigenvalue weighted by molar-refractivity contribution is 5.76. The van der Waals surface area contributed by atoms with Crippen LogP contribution in [0.2, 0.25) is 0 Å². The quantitative estimate of drug-likeness (QED) is 0.863. The van der Waals surface area contributed by atoms with Crippen molar-refractivity contribution in [3.05, 3.63) is 30.6 Å². The van der Waals surface area contributed by atoms with E-state index in [1.807, 2.05) is 30.0 Å². The first kappa shape index (κ1) is 15.3. The zero-order valence-corrected chi connectivity index (χ0v) is 13.2. The van der Waals surface area contributed by atoms with Gasteiger partial charge in [-0.1, -0.05) is 0 Å². The fourth-order valence-corrected chi connectivity index (χ4v) is 2.59. The number of rotatable bonds is 5. The van der Waals surface area contributed by atoms with Crippen LogP contribution in [0.3, 0.4) is 0 Å². The second-order valence-corrected chi connectivity index (χ2v) is 5.38. The van der Waals surface area contributed by atoms with E-state index in [2.05, 4.69) is 25.5 Å². The molecule has 8 heteroatoms. The molecule has 0 atom stereocenters. The van der Waals surface area contributed by atoms with Crippen LogP contribution in [-0.4, -0.2) is 63.5 Å². The third-order valence-corrected chi connectivity index (χ3v) is 3.82. The van der Waals surface area contributed by atoms with E-state index in [4.69, 9.17) is 0 Å². The Labute approximate surface area is 135 Å². The summed E-state index contributed by atoms with van der Waals surface area (Å²) in [5, 5.41) is 15.6. The number of hydrogen-bond acceptors (Lipinski definition) is 6. The van der Waals surface area contributed by atoms with E-state index < -0.39 is 0 Å². The molecule has 0 saturated carbocycles. The summed E-state index contributed by atoms with van der Waals surface area (Å²) in [6, 6.07) is 5.72. The molecule has 3 rings (SSSR count). The Morgan fingerprint density at radius 2 is 2.04 bits per heavy atom. The minimum Gasteiger partial charge on any atom is -0.369 e. The number of hydrogen-bond donors (Lipinski definition) is 1. The highest BCUT2D eigenvalue weighted by atomic mass is 16.2. The lowest BCUT2D eigenvalue weighted by molar-refractivity contribution is -0.132. The van der Waals surface area contributed by atoms with Crippen LogP contribution >= 0.6 is 0 Å². The molecule has 1 N–H and O–H groups in total. The summed E-state index contributed by atoms with van der Waals surface area (Å²) in [4.78, 5) is 16.3. The minimum absolute atomic E-state index is 0.0990. The molecule has 0 aliphatic carbocycles. The van der Waals surface area contributed by atoms with Gasteiger partial charge in [-0.15, -0.1) is 10.2 Å². The largest absolute Gasteiger partial charge is 0.369 e. The van der Waals surface area contributed by atoms with Crippen LogP contribution in [-0.2, 0) is 11.3 Å². The molecule has 1 saturated heterocycles. The van der Waals surface area contributed by atoms with Gasteiger partial charge in [-0.3, -0.25) is 9.48 Å². The predicted molar refractivity (Wildman–Crippen MR) is 87.2 cm³/mol. The third kappa shape index (κ3) is 3.77. The maximum Gasteiger partial charge on any atom is 0.244 e. The summed E-state index contributed by atoms with van der Waals surface area (Å²) in [5.74, 6) is 1.73. The number of anilines is 2. The number of carbonyl (C=O) groups excluding carboxylic acids is 1. The molecule has 1 amide bonds. The SMILES string of the molecule is CCNc1ccc(N2CCN(C(=O)Cn3cccn3)CC2)nn1. The standard InChI is InChI=1S/C15H21N7O/c1-2-16-13-4-5-14(19-18-13)20-8-10-21(11-9-20)15(23)12-22-7-3-6-17-22/h3-7H,2,8-12H2,1H3,(H,16,18). The molecule has 8 nitrogen and oxygen atoms in total. The van der Waals surface area contributed by atoms with Crippen molar-refractivity contribution in [3.8, 4) is 0 Å². The molecular formula is C15H21N7O. The van der Waals surface area contributed by atoms with Gasteiger partial charge in [0.15, 0.2) is 5.82 Å². The first-order valence-corrected chi connectivity index (χ1v) is 7.84. The molecule has 2 aromatic heterocycles. The zero-order chi connectivity index (χ0) is 16.1. The Morgan fingerprint density at radius 1 is 1.22 bits per heavy atom. The Balaban J connectivity index is 1.52. The Morgan fingerprint density at radius 3 is 2.65 bits per heavy atom. The van der Waals surface area contributed by atoms with Crippen molar-refractivity contribution in [2.75, 3.05) is 42.9 Å². The number of amides is 1. The molecule has 3 heterocycles. The number of nitrogens with zero attached hydrogens (tertiary/aromatic N) is 6. The summed E-state index contributed by atoms with van der Waals surface area (Å²) in [6.45, 7) is 6.05. The van der Waals surface area contributed by atoms with Gasteiger partial charge < -0.3 is 15.1 Å². The minimum atomic E-state index is 0.0990. The lowest BCUT2D eigenvalue weighted by Gasteiger charge is -2.35. The summed E-state index contributed by atoms with van der Waals surface area (Å²) < 4.78 is 1.65. The van der Waals surface area contributed by atoms with Gasteiger partial charge in [-0.25, -0.2) is 0 Å². The van der Waals surface area contributed by atoms with Crippen molar-refractivity contribution in [1.82, 2.24) is 24.9 Å². The van der Waals surface area contributed by atoms with E-state index in [0.717, 1.165) is 31.3 Å². The average molecular weight is 315 g/mol. The predicted octanol–water partition coefficient (Wildman–Crippen LogP) is 0.454. The fourth-order valence-electron chi connectivity index (χ4n) is 2.59. The van der Waals surface area contributed by atoms with Gasteiger partial charge in [-0.2, -0.15) is 5.10 Å². The zero-order valence-electron chi connectivity index (χ0n) is 13.2. The molecule has 0 unspecified atom stereocenters. The van der Waals surface area contributed by atoms with Crippen molar-refractivity contribution in [1.29, 1.82) is 0 Å². The molecule has 122 valence electrons. The highest BCUT2D eigenvalue weighted by Gasteiger charge is 2.22. The van der Waals surface area contributed by atoms with Gasteiger partial charge >= 0.3 is 0 Å². The fraction of sp³-hybridized carbons (Fsp3) is 0.467. The Hall–Kier alpha value is -2.64. The maximum absolute atomic E-state index is 12.2. The van der Waals surface area contributed by atoms with Gasteiger partial charge in [0.05, 0.1) is 0 Å². The van der Waals surface area contributed by atoms with Crippen LogP contribution in [0.5, 0.6) is 0 Å². The van der Waals surface area contributed by atoms with Crippen molar-refractivity contribution in [2.24, 2.45) is 0 Å². The van der Waals surface area contributed by atoms with Gasteiger partial charge in [0, 0.05) is 45.1 Å². The first-order chi connectivity index (χ1) is 11.3. The van der Waals surface area contributed by atoms with Crippen molar-refractivity contribution >= 4 is 17.5 Å². The van der Waals surface area contributed by atoms with Gasteiger partial charge in [0.2, 0.25) is 5.91 Å². The molecule has 0 bridgehead atoms. The van der Waals surface area contributed by atoms with Crippen LogP contribution in [0.15, 0.2) is 30.6 Å². The highest BCUT2D eigenvalue weighted by Crippen LogP contribution is 2.14. The number of nitrogens with one attached hydrogen (secondary N) is 1. The second-order valence-electron chi connectivity index (χ2n) is 5.38. The van der Waals surface area contributed by atoms with E-state index in [0.29, 0.717) is 19.6 Å². The van der Waals surface area contributed by atoms with E-state index >= 15 is 0 Å². The Kier molecular flexibility index (Phi) is 4.70. The summed E-state index contributed by atoms with van der Waals surface area (Å²) in [5.41, 5.74) is 0. The summed E-state index contributed by atoms with van der Waals surface area (Å²) >= 11 is 0. The molecule has 0 aromatic carbocycles. The molecule has 0 radical (unpaired) electrons. The van der Waals surface area contributed by atoms with Crippen LogP contribution < -0.4 is 10.2 Å². The van der Waals surface area contributed by atoms with Gasteiger partial charge in [-0.05, 0) is 25.1 Å². The van der Waals surface area contributed by atoms with E-state index in [-0.39, 0.29) is 5.91 Å². The van der Waals surface area contributed by atoms with Gasteiger partial charge in [0.1, 0.15) is 12.4 Å². The van der Waals surface area contributed by atoms with Crippen molar-refractivity contribution in [2.45, 2.75) is 13.5 Å². The molecule has 1 aliphatic heterocycles. The topological polar surface area (TPSA) is 79.2 Å². The van der Waals surface area contributed by atoms with Crippen LogP contribution in [0.1, 0.15) is 6.92 Å². The number of aromatic nitrogens is 4. The van der Waals surface area contributed by atoms with E-state index in [1.54, 1.807) is 17.1 Å². The molecule has 0 spiro atoms. The summed E-state index contributed by atoms with van der Waals surface area (Å²) in [6.07, 6.45) is 3.48. The molecular weight excluding hydrogens is 294 g/mol. The third-order valence-electron chi connectivity index (χ3n) is 3.82. The average Bonchev–Trinajstić information content (AvgIpc) is 3.09. The van der Waals surface area contributed by atoms with Crippen LogP contribution in [0.4, 0.5) is 11.6 Å². The van der Waals surface area contributed by atoms with Gasteiger partial charge in [0.25, 0.3) is 0 Å². The first-order valence-electron chi connectivity index (χ1n) is 7.84. The van der Waals surface area contributed by atoms with Crippen LogP contribution in [0, 0.1) is 0 Å². The lowest BCUT2D eigenvalue weighted by atomic mass is 10.3. The normalized spacial score (nSPS) is 14.8. The number of piperazine rings is 1. The molecule has 2 aromatic rings. The van der Waals surface area contributed by atoms with Crippen LogP contribution in [0.25, 0.3) is 0 Å². The molecule has 1 aliphatic rings. The van der Waals surface area contributed by atoms with Crippen molar-refractivity contribution < 1.29 is 4.79 Å². The molecule has 1 fully saturated rings. The van der Waals surface area contributed by atoms with E-state index in [1.165, 1.54) is 0 Å². The Bertz CT molecular complexity index is 618. The second kappa shape index (κ2) is 7.08. The van der Waals surface area contributed by atoms with E-state index in [9.17, 15) is 4.79 Å². The smallest absolute Gasteiger partial charge is 0.244 e. The summed E-state index contributed by atoms with van der Waals surface area (Å²) in [7, 11) is 0. The van der Waals surface area contributed by atoms with Crippen molar-refractivity contribution in [3.63, 3.8) is 0 Å².